The Morgan fingerprint density at radius 3 is 2.42 bits per heavy atom. The number of benzene rings is 2. The number of hydrogen-bond donors (Lipinski definition) is 1. The molecule has 0 saturated carbocycles. The number of nitrogens with one attached hydrogen (secondary N) is 1. The van der Waals surface area contributed by atoms with Crippen molar-refractivity contribution >= 4 is 40.6 Å². The van der Waals surface area contributed by atoms with Crippen LogP contribution in [-0.4, -0.2) is 15.8 Å². The zero-order chi connectivity index (χ0) is 17.7. The summed E-state index contributed by atoms with van der Waals surface area (Å²) in [6.45, 7) is 0. The second-order valence-corrected chi connectivity index (χ2v) is 4.97. The van der Waals surface area contributed by atoms with Crippen LogP contribution < -0.4 is 5.32 Å². The minimum atomic E-state index is -0.605. The normalized spacial score (nSPS) is 10.5. The van der Waals surface area contributed by atoms with Gasteiger partial charge < -0.3 is 5.32 Å². The van der Waals surface area contributed by atoms with E-state index >= 15 is 0 Å². The number of anilines is 1. The molecule has 2 rings (SSSR count). The van der Waals surface area contributed by atoms with E-state index in [-0.39, 0.29) is 27.6 Å². The van der Waals surface area contributed by atoms with E-state index in [4.69, 9.17) is 11.6 Å². The molecular weight excluding hydrogens is 338 g/mol. The largest absolute Gasteiger partial charge is 0.321 e. The molecule has 0 heterocycles. The van der Waals surface area contributed by atoms with E-state index in [1.165, 1.54) is 36.4 Å². The van der Waals surface area contributed by atoms with E-state index in [9.17, 15) is 25.0 Å². The van der Waals surface area contributed by atoms with Gasteiger partial charge in [0.1, 0.15) is 0 Å². The minimum absolute atomic E-state index is 0.0108. The summed E-state index contributed by atoms with van der Waals surface area (Å²) in [4.78, 5) is 32.2. The van der Waals surface area contributed by atoms with E-state index < -0.39 is 15.8 Å². The quantitative estimate of drug-likeness (QED) is 0.501. The van der Waals surface area contributed by atoms with E-state index in [0.29, 0.717) is 0 Å². The Bertz CT molecular complexity index is 851. The zero-order valence-electron chi connectivity index (χ0n) is 12.0. The Kier molecular flexibility index (Phi) is 5.23. The van der Waals surface area contributed by atoms with Gasteiger partial charge in [0.25, 0.3) is 11.4 Å². The highest BCUT2D eigenvalue weighted by molar-refractivity contribution is 6.34. The summed E-state index contributed by atoms with van der Waals surface area (Å²) in [6, 6.07) is 9.57. The van der Waals surface area contributed by atoms with Gasteiger partial charge in [0.2, 0.25) is 5.91 Å². The van der Waals surface area contributed by atoms with E-state index in [1.807, 2.05) is 0 Å². The molecule has 2 aromatic rings. The molecule has 24 heavy (non-hydrogen) atoms. The molecule has 0 radical (unpaired) electrons. The number of carbonyl (C=O) groups excluding carboxylic acids is 1. The molecule has 2 aromatic carbocycles. The smallest absolute Gasteiger partial charge is 0.276 e. The van der Waals surface area contributed by atoms with Gasteiger partial charge in [-0.2, -0.15) is 0 Å². The van der Waals surface area contributed by atoms with Crippen LogP contribution in [0.4, 0.5) is 17.1 Å². The molecule has 122 valence electrons. The van der Waals surface area contributed by atoms with Crippen molar-refractivity contribution in [3.63, 3.8) is 0 Å². The standard InChI is InChI=1S/C15H10ClN3O5/c16-12-9-11(18(21)22)6-7-13(12)17-15(20)8-5-10-3-1-2-4-14(10)19(23)24/h1-9H,(H,17,20). The average molecular weight is 348 g/mol. The van der Waals surface area contributed by atoms with Crippen molar-refractivity contribution in [1.29, 1.82) is 0 Å². The SMILES string of the molecule is O=C(C=Cc1ccccc1[N+](=O)[O-])Nc1ccc([N+](=O)[O-])cc1Cl. The predicted molar refractivity (Wildman–Crippen MR) is 88.9 cm³/mol. The molecule has 0 aliphatic rings. The average Bonchev–Trinajstić information content (AvgIpc) is 2.54. The number of nitro benzene ring substituents is 2. The van der Waals surface area contributed by atoms with Gasteiger partial charge in [-0.1, -0.05) is 23.7 Å². The highest BCUT2D eigenvalue weighted by Crippen LogP contribution is 2.26. The molecule has 0 aliphatic heterocycles. The Morgan fingerprint density at radius 1 is 1.08 bits per heavy atom. The summed E-state index contributed by atoms with van der Waals surface area (Å²) in [6.07, 6.45) is 2.41. The van der Waals surface area contributed by atoms with Crippen LogP contribution in [0.15, 0.2) is 48.5 Å². The highest BCUT2D eigenvalue weighted by Gasteiger charge is 2.12. The van der Waals surface area contributed by atoms with Gasteiger partial charge in [-0.05, 0) is 18.2 Å². The summed E-state index contributed by atoms with van der Waals surface area (Å²) < 4.78 is 0. The van der Waals surface area contributed by atoms with Crippen LogP contribution in [-0.2, 0) is 4.79 Å². The fourth-order valence-electron chi connectivity index (χ4n) is 1.85. The lowest BCUT2D eigenvalue weighted by Crippen LogP contribution is -2.08. The van der Waals surface area contributed by atoms with Crippen LogP contribution in [0.3, 0.4) is 0 Å². The molecule has 1 N–H and O–H groups in total. The van der Waals surface area contributed by atoms with Crippen LogP contribution in [0.5, 0.6) is 0 Å². The lowest BCUT2D eigenvalue weighted by Gasteiger charge is -2.04. The summed E-state index contributed by atoms with van der Waals surface area (Å²) in [5, 5.41) is 24.0. The second-order valence-electron chi connectivity index (χ2n) is 4.56. The third-order valence-corrected chi connectivity index (χ3v) is 3.28. The van der Waals surface area contributed by atoms with Crippen LogP contribution in [0.1, 0.15) is 5.56 Å². The lowest BCUT2D eigenvalue weighted by molar-refractivity contribution is -0.385. The molecular formula is C15H10ClN3O5. The molecule has 0 spiro atoms. The maximum Gasteiger partial charge on any atom is 0.276 e. The third kappa shape index (κ3) is 4.14. The van der Waals surface area contributed by atoms with Crippen molar-refractivity contribution in [3.8, 4) is 0 Å². The van der Waals surface area contributed by atoms with Gasteiger partial charge in [-0.15, -0.1) is 0 Å². The van der Waals surface area contributed by atoms with Crippen molar-refractivity contribution in [2.75, 3.05) is 5.32 Å². The topological polar surface area (TPSA) is 115 Å². The number of hydrogen-bond acceptors (Lipinski definition) is 5. The van der Waals surface area contributed by atoms with Crippen LogP contribution in [0, 0.1) is 20.2 Å². The molecule has 0 fully saturated rings. The fourth-order valence-corrected chi connectivity index (χ4v) is 2.08. The van der Waals surface area contributed by atoms with E-state index in [2.05, 4.69) is 5.32 Å². The molecule has 9 heteroatoms. The number of halogens is 1. The molecule has 0 unspecified atom stereocenters. The number of carbonyl (C=O) groups is 1. The minimum Gasteiger partial charge on any atom is -0.321 e. The van der Waals surface area contributed by atoms with Crippen molar-refractivity contribution in [2.45, 2.75) is 0 Å². The first kappa shape index (κ1) is 17.1. The first-order chi connectivity index (χ1) is 11.4. The maximum atomic E-state index is 11.9. The number of nitro groups is 2. The monoisotopic (exact) mass is 347 g/mol. The Balaban J connectivity index is 2.14. The number of nitrogens with zero attached hydrogens (tertiary/aromatic N) is 2. The van der Waals surface area contributed by atoms with E-state index in [0.717, 1.165) is 12.1 Å². The Morgan fingerprint density at radius 2 is 1.79 bits per heavy atom. The molecule has 0 bridgehead atoms. The van der Waals surface area contributed by atoms with Crippen LogP contribution in [0.2, 0.25) is 5.02 Å². The van der Waals surface area contributed by atoms with Crippen molar-refractivity contribution in [3.05, 3.63) is 79.4 Å². The van der Waals surface area contributed by atoms with Crippen molar-refractivity contribution in [2.24, 2.45) is 0 Å². The van der Waals surface area contributed by atoms with E-state index in [1.54, 1.807) is 6.07 Å². The summed E-state index contributed by atoms with van der Waals surface area (Å²) in [5.74, 6) is -0.580. The predicted octanol–water partition coefficient (Wildman–Crippen LogP) is 3.81. The van der Waals surface area contributed by atoms with Crippen LogP contribution in [0.25, 0.3) is 6.08 Å². The van der Waals surface area contributed by atoms with Gasteiger partial charge in [0, 0.05) is 24.3 Å². The number of para-hydroxylation sites is 1. The van der Waals surface area contributed by atoms with Gasteiger partial charge in [0.15, 0.2) is 0 Å². The highest BCUT2D eigenvalue weighted by atomic mass is 35.5. The summed E-state index contributed by atoms with van der Waals surface area (Å²) in [7, 11) is 0. The fraction of sp³-hybridized carbons (Fsp3) is 0. The Hall–Kier alpha value is -3.26. The second kappa shape index (κ2) is 7.34. The molecule has 8 nitrogen and oxygen atoms in total. The number of rotatable bonds is 5. The van der Waals surface area contributed by atoms with Gasteiger partial charge in [-0.25, -0.2) is 0 Å². The zero-order valence-corrected chi connectivity index (χ0v) is 12.8. The van der Waals surface area contributed by atoms with Gasteiger partial charge >= 0.3 is 0 Å². The van der Waals surface area contributed by atoms with Crippen molar-refractivity contribution < 1.29 is 14.6 Å². The summed E-state index contributed by atoms with van der Waals surface area (Å²) >= 11 is 5.87. The summed E-state index contributed by atoms with van der Waals surface area (Å²) in [5.41, 5.74) is 0.135. The number of non-ortho nitro benzene ring substituents is 1. The molecule has 0 saturated heterocycles. The van der Waals surface area contributed by atoms with Crippen LogP contribution >= 0.6 is 11.6 Å². The first-order valence-electron chi connectivity index (χ1n) is 6.55. The van der Waals surface area contributed by atoms with Gasteiger partial charge in [-0.3, -0.25) is 25.0 Å². The number of amides is 1. The van der Waals surface area contributed by atoms with Crippen molar-refractivity contribution in [1.82, 2.24) is 0 Å². The third-order valence-electron chi connectivity index (χ3n) is 2.97. The Labute approximate surface area is 140 Å². The lowest BCUT2D eigenvalue weighted by atomic mass is 10.1. The first-order valence-corrected chi connectivity index (χ1v) is 6.92. The molecule has 0 aliphatic carbocycles. The van der Waals surface area contributed by atoms with Gasteiger partial charge in [0.05, 0.1) is 26.1 Å². The molecule has 0 aromatic heterocycles. The molecule has 1 amide bonds. The maximum absolute atomic E-state index is 11.9. The molecule has 0 atom stereocenters.